The van der Waals surface area contributed by atoms with Gasteiger partial charge in [0, 0.05) is 25.4 Å². The smallest absolute Gasteiger partial charge is 0.222 e. The van der Waals surface area contributed by atoms with E-state index in [9.17, 15) is 9.90 Å². The van der Waals surface area contributed by atoms with E-state index in [1.54, 1.807) is 0 Å². The molecule has 0 spiro atoms. The van der Waals surface area contributed by atoms with Crippen LogP contribution >= 0.6 is 0 Å². The Balaban J connectivity index is 2.44. The van der Waals surface area contributed by atoms with Gasteiger partial charge in [0.1, 0.15) is 0 Å². The SMILES string of the molecule is CCC(CC(=O)N1CCC(C(C)O)C1)C(C)C. The van der Waals surface area contributed by atoms with Gasteiger partial charge in [-0.1, -0.05) is 27.2 Å². The van der Waals surface area contributed by atoms with Gasteiger partial charge in [-0.2, -0.15) is 0 Å². The lowest BCUT2D eigenvalue weighted by molar-refractivity contribution is -0.131. The fourth-order valence-electron chi connectivity index (χ4n) is 2.61. The highest BCUT2D eigenvalue weighted by molar-refractivity contribution is 5.76. The molecule has 1 fully saturated rings. The molecule has 0 bridgehead atoms. The molecule has 17 heavy (non-hydrogen) atoms. The average molecular weight is 241 g/mol. The monoisotopic (exact) mass is 241 g/mol. The normalized spacial score (nSPS) is 24.1. The molecule has 0 aromatic heterocycles. The Morgan fingerprint density at radius 2 is 2.06 bits per heavy atom. The van der Waals surface area contributed by atoms with Crippen LogP contribution < -0.4 is 0 Å². The predicted octanol–water partition coefficient (Wildman–Crippen LogP) is 2.29. The van der Waals surface area contributed by atoms with E-state index < -0.39 is 0 Å². The first-order valence-electron chi connectivity index (χ1n) is 6.91. The number of aliphatic hydroxyl groups excluding tert-OH is 1. The van der Waals surface area contributed by atoms with Crippen LogP contribution in [0, 0.1) is 17.8 Å². The topological polar surface area (TPSA) is 40.5 Å². The van der Waals surface area contributed by atoms with E-state index in [1.807, 2.05) is 11.8 Å². The van der Waals surface area contributed by atoms with Crippen LogP contribution in [0.1, 0.15) is 47.0 Å². The van der Waals surface area contributed by atoms with Crippen molar-refractivity contribution in [3.05, 3.63) is 0 Å². The van der Waals surface area contributed by atoms with Crippen molar-refractivity contribution in [3.63, 3.8) is 0 Å². The van der Waals surface area contributed by atoms with Gasteiger partial charge in [-0.15, -0.1) is 0 Å². The van der Waals surface area contributed by atoms with Crippen molar-refractivity contribution in [1.82, 2.24) is 4.90 Å². The van der Waals surface area contributed by atoms with Crippen LogP contribution in [0.25, 0.3) is 0 Å². The number of likely N-dealkylation sites (tertiary alicyclic amines) is 1. The summed E-state index contributed by atoms with van der Waals surface area (Å²) in [6.45, 7) is 9.91. The van der Waals surface area contributed by atoms with Gasteiger partial charge in [-0.05, 0) is 25.2 Å². The Labute approximate surface area is 105 Å². The van der Waals surface area contributed by atoms with Gasteiger partial charge in [-0.3, -0.25) is 4.79 Å². The second kappa shape index (κ2) is 6.39. The number of rotatable bonds is 5. The predicted molar refractivity (Wildman–Crippen MR) is 69.6 cm³/mol. The van der Waals surface area contributed by atoms with E-state index in [-0.39, 0.29) is 17.9 Å². The standard InChI is InChI=1S/C14H27NO2/c1-5-12(10(2)3)8-14(17)15-7-6-13(9-15)11(4)16/h10-13,16H,5-9H2,1-4H3. The number of nitrogens with zero attached hydrogens (tertiary/aromatic N) is 1. The molecule has 1 N–H and O–H groups in total. The maximum atomic E-state index is 12.1. The van der Waals surface area contributed by atoms with E-state index in [2.05, 4.69) is 20.8 Å². The van der Waals surface area contributed by atoms with Gasteiger partial charge in [0.05, 0.1) is 6.10 Å². The van der Waals surface area contributed by atoms with Crippen molar-refractivity contribution in [2.75, 3.05) is 13.1 Å². The minimum absolute atomic E-state index is 0.272. The van der Waals surface area contributed by atoms with Crippen LogP contribution in [0.2, 0.25) is 0 Å². The van der Waals surface area contributed by atoms with Crippen molar-refractivity contribution < 1.29 is 9.90 Å². The van der Waals surface area contributed by atoms with E-state index in [0.29, 0.717) is 18.3 Å². The third-order valence-electron chi connectivity index (χ3n) is 4.16. The summed E-state index contributed by atoms with van der Waals surface area (Å²) in [5.41, 5.74) is 0. The third kappa shape index (κ3) is 3.98. The van der Waals surface area contributed by atoms with Gasteiger partial charge in [-0.25, -0.2) is 0 Å². The first kappa shape index (κ1) is 14.5. The first-order chi connectivity index (χ1) is 7.95. The number of amides is 1. The summed E-state index contributed by atoms with van der Waals surface area (Å²) in [5.74, 6) is 1.61. The van der Waals surface area contributed by atoms with Crippen LogP contribution in [0.3, 0.4) is 0 Å². The van der Waals surface area contributed by atoms with Crippen LogP contribution in [0.15, 0.2) is 0 Å². The Hall–Kier alpha value is -0.570. The quantitative estimate of drug-likeness (QED) is 0.802. The molecule has 1 heterocycles. The molecular weight excluding hydrogens is 214 g/mol. The van der Waals surface area contributed by atoms with Crippen molar-refractivity contribution in [2.24, 2.45) is 17.8 Å². The molecule has 1 aliphatic rings. The zero-order valence-electron chi connectivity index (χ0n) is 11.6. The molecular formula is C14H27NO2. The van der Waals surface area contributed by atoms with Crippen molar-refractivity contribution in [1.29, 1.82) is 0 Å². The Bertz CT molecular complexity index is 251. The summed E-state index contributed by atoms with van der Waals surface area (Å²) >= 11 is 0. The van der Waals surface area contributed by atoms with Gasteiger partial charge in [0.15, 0.2) is 0 Å². The second-order valence-electron chi connectivity index (χ2n) is 5.75. The van der Waals surface area contributed by atoms with Gasteiger partial charge in [0.25, 0.3) is 0 Å². The van der Waals surface area contributed by atoms with Crippen LogP contribution in [0.4, 0.5) is 0 Å². The molecule has 0 radical (unpaired) electrons. The number of carbonyl (C=O) groups excluding carboxylic acids is 1. The molecule has 3 unspecified atom stereocenters. The molecule has 3 nitrogen and oxygen atoms in total. The molecule has 1 rings (SSSR count). The van der Waals surface area contributed by atoms with Crippen molar-refractivity contribution in [2.45, 2.75) is 53.1 Å². The van der Waals surface area contributed by atoms with Gasteiger partial charge >= 0.3 is 0 Å². The minimum atomic E-state index is -0.292. The summed E-state index contributed by atoms with van der Waals surface area (Å²) < 4.78 is 0. The largest absolute Gasteiger partial charge is 0.393 e. The van der Waals surface area contributed by atoms with Gasteiger partial charge in [0.2, 0.25) is 5.91 Å². The van der Waals surface area contributed by atoms with Crippen LogP contribution in [-0.2, 0) is 4.79 Å². The van der Waals surface area contributed by atoms with E-state index >= 15 is 0 Å². The highest BCUT2D eigenvalue weighted by atomic mass is 16.3. The van der Waals surface area contributed by atoms with Gasteiger partial charge < -0.3 is 10.0 Å². The van der Waals surface area contributed by atoms with Crippen LogP contribution in [0.5, 0.6) is 0 Å². The molecule has 0 aromatic carbocycles. The third-order valence-corrected chi connectivity index (χ3v) is 4.16. The molecule has 1 amide bonds. The molecule has 3 atom stereocenters. The lowest BCUT2D eigenvalue weighted by atomic mass is 9.90. The zero-order chi connectivity index (χ0) is 13.0. The Kier molecular flexibility index (Phi) is 5.44. The lowest BCUT2D eigenvalue weighted by Gasteiger charge is -2.23. The van der Waals surface area contributed by atoms with E-state index in [0.717, 1.165) is 25.9 Å². The lowest BCUT2D eigenvalue weighted by Crippen LogP contribution is -2.32. The maximum Gasteiger partial charge on any atom is 0.222 e. The number of hydrogen-bond donors (Lipinski definition) is 1. The number of aliphatic hydroxyl groups is 1. The van der Waals surface area contributed by atoms with E-state index in [1.165, 1.54) is 0 Å². The van der Waals surface area contributed by atoms with E-state index in [4.69, 9.17) is 0 Å². The summed E-state index contributed by atoms with van der Waals surface area (Å²) in [5, 5.41) is 9.53. The van der Waals surface area contributed by atoms with Crippen molar-refractivity contribution >= 4 is 5.91 Å². The van der Waals surface area contributed by atoms with Crippen molar-refractivity contribution in [3.8, 4) is 0 Å². The minimum Gasteiger partial charge on any atom is -0.393 e. The molecule has 0 aliphatic carbocycles. The first-order valence-corrected chi connectivity index (χ1v) is 6.91. The number of carbonyl (C=O) groups is 1. The molecule has 100 valence electrons. The molecule has 1 aliphatic heterocycles. The summed E-state index contributed by atoms with van der Waals surface area (Å²) in [7, 11) is 0. The summed E-state index contributed by atoms with van der Waals surface area (Å²) in [4.78, 5) is 14.1. The maximum absolute atomic E-state index is 12.1. The highest BCUT2D eigenvalue weighted by Crippen LogP contribution is 2.24. The second-order valence-corrected chi connectivity index (χ2v) is 5.75. The Morgan fingerprint density at radius 3 is 2.47 bits per heavy atom. The highest BCUT2D eigenvalue weighted by Gasteiger charge is 2.30. The summed E-state index contributed by atoms with van der Waals surface area (Å²) in [6.07, 6.45) is 2.39. The zero-order valence-corrected chi connectivity index (χ0v) is 11.6. The molecule has 0 aromatic rings. The van der Waals surface area contributed by atoms with Crippen LogP contribution in [-0.4, -0.2) is 35.1 Å². The fraction of sp³-hybridized carbons (Fsp3) is 0.929. The molecule has 0 saturated carbocycles. The average Bonchev–Trinajstić information content (AvgIpc) is 2.74. The summed E-state index contributed by atoms with van der Waals surface area (Å²) in [6, 6.07) is 0. The molecule has 1 saturated heterocycles. The fourth-order valence-corrected chi connectivity index (χ4v) is 2.61. The molecule has 3 heteroatoms. The Morgan fingerprint density at radius 1 is 1.41 bits per heavy atom. The number of hydrogen-bond acceptors (Lipinski definition) is 2.